The molecule has 0 spiro atoms. The molecule has 0 aromatic heterocycles. The number of nitrogens with zero attached hydrogens (tertiary/aromatic N) is 1. The zero-order chi connectivity index (χ0) is 10.0. The second-order valence-corrected chi connectivity index (χ2v) is 5.25. The Kier molecular flexibility index (Phi) is 3.13. The highest BCUT2D eigenvalue weighted by Gasteiger charge is 2.34. The highest BCUT2D eigenvalue weighted by Crippen LogP contribution is 2.30. The van der Waals surface area contributed by atoms with Gasteiger partial charge < -0.3 is 5.11 Å². The Morgan fingerprint density at radius 1 is 1.21 bits per heavy atom. The maximum atomic E-state index is 10.5. The van der Waals surface area contributed by atoms with Crippen molar-refractivity contribution in [3.63, 3.8) is 0 Å². The second-order valence-electron chi connectivity index (χ2n) is 5.25. The van der Waals surface area contributed by atoms with Gasteiger partial charge in [0.15, 0.2) is 0 Å². The van der Waals surface area contributed by atoms with Gasteiger partial charge in [-0.05, 0) is 26.2 Å². The lowest BCUT2D eigenvalue weighted by Crippen LogP contribution is -2.53. The monoisotopic (exact) mass is 197 g/mol. The SMILES string of the molecule is CC1CCN1CC1(O)CCCCCC1. The van der Waals surface area contributed by atoms with Crippen molar-refractivity contribution in [3.8, 4) is 0 Å². The number of hydrogen-bond acceptors (Lipinski definition) is 2. The fourth-order valence-electron chi connectivity index (χ4n) is 2.73. The molecule has 2 heteroatoms. The molecule has 1 N–H and O–H groups in total. The van der Waals surface area contributed by atoms with Crippen molar-refractivity contribution in [2.75, 3.05) is 13.1 Å². The summed E-state index contributed by atoms with van der Waals surface area (Å²) in [5.41, 5.74) is -0.356. The molecule has 1 aliphatic carbocycles. The van der Waals surface area contributed by atoms with Crippen LogP contribution in [0.5, 0.6) is 0 Å². The molecule has 0 radical (unpaired) electrons. The first-order valence-electron chi connectivity index (χ1n) is 6.16. The van der Waals surface area contributed by atoms with Gasteiger partial charge in [0.25, 0.3) is 0 Å². The zero-order valence-electron chi connectivity index (χ0n) is 9.34. The Balaban J connectivity index is 1.86. The number of aliphatic hydroxyl groups is 1. The van der Waals surface area contributed by atoms with Crippen LogP contribution in [-0.2, 0) is 0 Å². The molecule has 1 saturated carbocycles. The van der Waals surface area contributed by atoms with Crippen LogP contribution >= 0.6 is 0 Å². The minimum Gasteiger partial charge on any atom is -0.389 e. The quantitative estimate of drug-likeness (QED) is 0.686. The molecule has 2 aliphatic rings. The van der Waals surface area contributed by atoms with Crippen LogP contribution in [0.15, 0.2) is 0 Å². The van der Waals surface area contributed by atoms with Crippen LogP contribution in [0, 0.1) is 0 Å². The van der Waals surface area contributed by atoms with Gasteiger partial charge in [-0.2, -0.15) is 0 Å². The molecule has 1 atom stereocenters. The fourth-order valence-corrected chi connectivity index (χ4v) is 2.73. The van der Waals surface area contributed by atoms with Gasteiger partial charge >= 0.3 is 0 Å². The fraction of sp³-hybridized carbons (Fsp3) is 1.00. The average Bonchev–Trinajstić information content (AvgIpc) is 2.38. The van der Waals surface area contributed by atoms with E-state index in [9.17, 15) is 5.11 Å². The third-order valence-corrected chi connectivity index (χ3v) is 3.99. The summed E-state index contributed by atoms with van der Waals surface area (Å²) in [6, 6.07) is 0.710. The third-order valence-electron chi connectivity index (χ3n) is 3.99. The van der Waals surface area contributed by atoms with Gasteiger partial charge in [-0.3, -0.25) is 4.90 Å². The summed E-state index contributed by atoms with van der Waals surface area (Å²) in [6.07, 6.45) is 8.44. The summed E-state index contributed by atoms with van der Waals surface area (Å²) in [5.74, 6) is 0. The first-order chi connectivity index (χ1) is 6.70. The smallest absolute Gasteiger partial charge is 0.0774 e. The summed E-state index contributed by atoms with van der Waals surface area (Å²) < 4.78 is 0. The molecule has 0 aromatic carbocycles. The summed E-state index contributed by atoms with van der Waals surface area (Å²) in [6.45, 7) is 4.39. The van der Waals surface area contributed by atoms with Crippen molar-refractivity contribution in [3.05, 3.63) is 0 Å². The molecule has 0 bridgehead atoms. The van der Waals surface area contributed by atoms with Crippen LogP contribution in [-0.4, -0.2) is 34.7 Å². The van der Waals surface area contributed by atoms with E-state index in [1.165, 1.54) is 38.6 Å². The first kappa shape index (κ1) is 10.4. The Hall–Kier alpha value is -0.0800. The highest BCUT2D eigenvalue weighted by atomic mass is 16.3. The number of β-amino-alcohol motifs (C(OH)–C–C–N with tert-alkyl or cyclic N) is 1. The largest absolute Gasteiger partial charge is 0.389 e. The maximum absolute atomic E-state index is 10.5. The summed E-state index contributed by atoms with van der Waals surface area (Å²) >= 11 is 0. The summed E-state index contributed by atoms with van der Waals surface area (Å²) in [4.78, 5) is 2.44. The molecule has 82 valence electrons. The van der Waals surface area contributed by atoms with Crippen molar-refractivity contribution in [2.45, 2.75) is 63.5 Å². The average molecular weight is 197 g/mol. The first-order valence-corrected chi connectivity index (χ1v) is 6.16. The molecule has 1 saturated heterocycles. The van der Waals surface area contributed by atoms with Crippen molar-refractivity contribution in [1.82, 2.24) is 4.90 Å². The van der Waals surface area contributed by atoms with E-state index >= 15 is 0 Å². The maximum Gasteiger partial charge on any atom is 0.0774 e. The van der Waals surface area contributed by atoms with Crippen molar-refractivity contribution in [2.24, 2.45) is 0 Å². The minimum atomic E-state index is -0.356. The summed E-state index contributed by atoms with van der Waals surface area (Å²) in [7, 11) is 0. The van der Waals surface area contributed by atoms with Crippen LogP contribution in [0.4, 0.5) is 0 Å². The van der Waals surface area contributed by atoms with Crippen LogP contribution in [0.1, 0.15) is 51.9 Å². The second kappa shape index (κ2) is 4.19. The predicted molar refractivity (Wildman–Crippen MR) is 58.3 cm³/mol. The van der Waals surface area contributed by atoms with Crippen LogP contribution in [0.3, 0.4) is 0 Å². The molecule has 1 unspecified atom stereocenters. The summed E-state index contributed by atoms with van der Waals surface area (Å²) in [5, 5.41) is 10.5. The van der Waals surface area contributed by atoms with E-state index in [0.717, 1.165) is 19.4 Å². The molecule has 1 aliphatic heterocycles. The lowest BCUT2D eigenvalue weighted by atomic mass is 9.91. The lowest BCUT2D eigenvalue weighted by Gasteiger charge is -2.43. The van der Waals surface area contributed by atoms with Crippen LogP contribution in [0.25, 0.3) is 0 Å². The van der Waals surface area contributed by atoms with E-state index in [-0.39, 0.29) is 5.60 Å². The third kappa shape index (κ3) is 2.29. The topological polar surface area (TPSA) is 23.5 Å². The van der Waals surface area contributed by atoms with Gasteiger partial charge in [0.2, 0.25) is 0 Å². The Bertz CT molecular complexity index is 185. The van der Waals surface area contributed by atoms with E-state index < -0.39 is 0 Å². The van der Waals surface area contributed by atoms with Gasteiger partial charge in [-0.1, -0.05) is 25.7 Å². The van der Waals surface area contributed by atoms with Crippen molar-refractivity contribution in [1.29, 1.82) is 0 Å². The molecular formula is C12H23NO. The molecular weight excluding hydrogens is 174 g/mol. The molecule has 2 nitrogen and oxygen atoms in total. The Morgan fingerprint density at radius 2 is 1.86 bits per heavy atom. The lowest BCUT2D eigenvalue weighted by molar-refractivity contribution is -0.0425. The predicted octanol–water partition coefficient (Wildman–Crippen LogP) is 2.17. The molecule has 2 rings (SSSR count). The Labute approximate surface area is 87.3 Å². The van der Waals surface area contributed by atoms with Crippen LogP contribution < -0.4 is 0 Å². The van der Waals surface area contributed by atoms with Crippen LogP contribution in [0.2, 0.25) is 0 Å². The van der Waals surface area contributed by atoms with E-state index in [0.29, 0.717) is 6.04 Å². The number of hydrogen-bond donors (Lipinski definition) is 1. The van der Waals surface area contributed by atoms with Crippen molar-refractivity contribution < 1.29 is 5.11 Å². The standard InChI is InChI=1S/C12H23NO/c1-11-6-9-13(11)10-12(14)7-4-2-3-5-8-12/h11,14H,2-10H2,1H3. The molecule has 14 heavy (non-hydrogen) atoms. The van der Waals surface area contributed by atoms with E-state index in [1.54, 1.807) is 0 Å². The normalized spacial score (nSPS) is 33.4. The number of likely N-dealkylation sites (tertiary alicyclic amines) is 1. The molecule has 0 aromatic rings. The van der Waals surface area contributed by atoms with Gasteiger partial charge in [0.1, 0.15) is 0 Å². The van der Waals surface area contributed by atoms with Gasteiger partial charge in [0.05, 0.1) is 5.60 Å². The molecule has 1 heterocycles. The highest BCUT2D eigenvalue weighted by molar-refractivity contribution is 4.89. The minimum absolute atomic E-state index is 0.356. The van der Waals surface area contributed by atoms with E-state index in [4.69, 9.17) is 0 Å². The van der Waals surface area contributed by atoms with Gasteiger partial charge in [-0.25, -0.2) is 0 Å². The molecule has 0 amide bonds. The Morgan fingerprint density at radius 3 is 2.29 bits per heavy atom. The van der Waals surface area contributed by atoms with Gasteiger partial charge in [0, 0.05) is 19.1 Å². The van der Waals surface area contributed by atoms with E-state index in [1.807, 2.05) is 0 Å². The number of rotatable bonds is 2. The van der Waals surface area contributed by atoms with Gasteiger partial charge in [-0.15, -0.1) is 0 Å². The molecule has 2 fully saturated rings. The zero-order valence-corrected chi connectivity index (χ0v) is 9.34. The van der Waals surface area contributed by atoms with E-state index in [2.05, 4.69) is 11.8 Å². The van der Waals surface area contributed by atoms with Crippen molar-refractivity contribution >= 4 is 0 Å².